The SMILES string of the molecule is O=C1c2cccnc2[C@H](Nc2cc(F)ccc2F)N1Cc1cccs1. The van der Waals surface area contributed by atoms with Gasteiger partial charge in [-0.05, 0) is 35.7 Å². The predicted molar refractivity (Wildman–Crippen MR) is 91.2 cm³/mol. The van der Waals surface area contributed by atoms with Gasteiger partial charge in [-0.1, -0.05) is 6.07 Å². The van der Waals surface area contributed by atoms with E-state index in [9.17, 15) is 13.6 Å². The summed E-state index contributed by atoms with van der Waals surface area (Å²) >= 11 is 1.53. The Bertz CT molecular complexity index is 930. The quantitative estimate of drug-likeness (QED) is 0.762. The number of amides is 1. The monoisotopic (exact) mass is 357 g/mol. The van der Waals surface area contributed by atoms with Crippen molar-refractivity contribution in [1.82, 2.24) is 9.88 Å². The van der Waals surface area contributed by atoms with Crippen molar-refractivity contribution in [3.8, 4) is 0 Å². The highest BCUT2D eigenvalue weighted by molar-refractivity contribution is 7.09. The van der Waals surface area contributed by atoms with Gasteiger partial charge >= 0.3 is 0 Å². The van der Waals surface area contributed by atoms with Crippen molar-refractivity contribution in [2.24, 2.45) is 0 Å². The summed E-state index contributed by atoms with van der Waals surface area (Å²) in [5, 5.41) is 4.86. The molecule has 3 heterocycles. The second-order valence-electron chi connectivity index (χ2n) is 5.62. The first-order valence-electron chi connectivity index (χ1n) is 7.63. The van der Waals surface area contributed by atoms with Crippen LogP contribution in [0, 0.1) is 11.6 Å². The van der Waals surface area contributed by atoms with Crippen LogP contribution in [0.25, 0.3) is 0 Å². The molecular formula is C18H13F2N3OS. The fourth-order valence-electron chi connectivity index (χ4n) is 2.87. The molecule has 0 spiro atoms. The molecule has 126 valence electrons. The molecule has 1 aliphatic rings. The van der Waals surface area contributed by atoms with E-state index in [4.69, 9.17) is 0 Å². The molecule has 1 aliphatic heterocycles. The minimum absolute atomic E-state index is 0.00696. The Hall–Kier alpha value is -2.80. The van der Waals surface area contributed by atoms with Gasteiger partial charge in [0, 0.05) is 17.1 Å². The fourth-order valence-corrected chi connectivity index (χ4v) is 3.57. The maximum Gasteiger partial charge on any atom is 0.258 e. The Morgan fingerprint density at radius 3 is 2.88 bits per heavy atom. The lowest BCUT2D eigenvalue weighted by atomic mass is 10.2. The van der Waals surface area contributed by atoms with Crippen molar-refractivity contribution in [3.63, 3.8) is 0 Å². The van der Waals surface area contributed by atoms with Gasteiger partial charge in [-0.3, -0.25) is 9.78 Å². The first-order valence-corrected chi connectivity index (χ1v) is 8.51. The van der Waals surface area contributed by atoms with Gasteiger partial charge < -0.3 is 10.2 Å². The molecule has 2 aromatic heterocycles. The molecule has 1 N–H and O–H groups in total. The minimum Gasteiger partial charge on any atom is -0.358 e. The summed E-state index contributed by atoms with van der Waals surface area (Å²) < 4.78 is 27.5. The number of hydrogen-bond acceptors (Lipinski definition) is 4. The van der Waals surface area contributed by atoms with Crippen LogP contribution in [0.2, 0.25) is 0 Å². The first kappa shape index (κ1) is 15.7. The van der Waals surface area contributed by atoms with Gasteiger partial charge in [0.15, 0.2) is 0 Å². The third-order valence-corrected chi connectivity index (χ3v) is 4.89. The number of aromatic nitrogens is 1. The van der Waals surface area contributed by atoms with Gasteiger partial charge in [0.1, 0.15) is 17.8 Å². The van der Waals surface area contributed by atoms with E-state index in [1.165, 1.54) is 11.3 Å². The minimum atomic E-state index is -0.665. The number of nitrogens with zero attached hydrogens (tertiary/aromatic N) is 2. The zero-order valence-corrected chi connectivity index (χ0v) is 13.8. The van der Waals surface area contributed by atoms with E-state index >= 15 is 0 Å². The van der Waals surface area contributed by atoms with E-state index in [2.05, 4.69) is 10.3 Å². The van der Waals surface area contributed by atoms with Crippen molar-refractivity contribution >= 4 is 22.9 Å². The van der Waals surface area contributed by atoms with E-state index in [0.717, 1.165) is 23.1 Å². The Morgan fingerprint density at radius 2 is 2.08 bits per heavy atom. The number of pyridine rings is 1. The zero-order chi connectivity index (χ0) is 17.4. The third kappa shape index (κ3) is 2.87. The van der Waals surface area contributed by atoms with E-state index in [-0.39, 0.29) is 11.6 Å². The Kier molecular flexibility index (Phi) is 3.93. The van der Waals surface area contributed by atoms with Crippen molar-refractivity contribution in [2.45, 2.75) is 12.7 Å². The topological polar surface area (TPSA) is 45.2 Å². The van der Waals surface area contributed by atoms with Crippen LogP contribution in [0.3, 0.4) is 0 Å². The summed E-state index contributed by atoms with van der Waals surface area (Å²) in [4.78, 5) is 19.6. The van der Waals surface area contributed by atoms with Crippen LogP contribution >= 0.6 is 11.3 Å². The van der Waals surface area contributed by atoms with E-state index in [1.807, 2.05) is 17.5 Å². The molecule has 0 saturated heterocycles. The van der Waals surface area contributed by atoms with E-state index in [1.54, 1.807) is 23.2 Å². The summed E-state index contributed by atoms with van der Waals surface area (Å²) in [7, 11) is 0. The van der Waals surface area contributed by atoms with Crippen molar-refractivity contribution in [2.75, 3.05) is 5.32 Å². The van der Waals surface area contributed by atoms with Crippen LogP contribution in [0.1, 0.15) is 27.1 Å². The average molecular weight is 357 g/mol. The summed E-state index contributed by atoms with van der Waals surface area (Å²) in [6, 6.07) is 10.4. The number of carbonyl (C=O) groups excluding carboxylic acids is 1. The second kappa shape index (κ2) is 6.25. The fraction of sp³-hybridized carbons (Fsp3) is 0.111. The van der Waals surface area contributed by atoms with Crippen LogP contribution in [0.5, 0.6) is 0 Å². The van der Waals surface area contributed by atoms with Gasteiger partial charge in [0.2, 0.25) is 0 Å². The number of rotatable bonds is 4. The molecule has 3 aromatic rings. The molecule has 4 rings (SSSR count). The van der Waals surface area contributed by atoms with Crippen LogP contribution in [-0.2, 0) is 6.54 Å². The number of fused-ring (bicyclic) bond motifs is 1. The van der Waals surface area contributed by atoms with Gasteiger partial charge in [-0.15, -0.1) is 11.3 Å². The number of hydrogen-bond donors (Lipinski definition) is 1. The molecule has 0 radical (unpaired) electrons. The molecule has 0 unspecified atom stereocenters. The summed E-state index contributed by atoms with van der Waals surface area (Å²) in [6.45, 7) is 0.363. The third-order valence-electron chi connectivity index (χ3n) is 4.03. The highest BCUT2D eigenvalue weighted by Crippen LogP contribution is 2.35. The normalized spacial score (nSPS) is 16.2. The van der Waals surface area contributed by atoms with E-state index < -0.39 is 17.8 Å². The number of halogens is 2. The molecule has 25 heavy (non-hydrogen) atoms. The molecule has 7 heteroatoms. The van der Waals surface area contributed by atoms with Gasteiger partial charge in [0.25, 0.3) is 5.91 Å². The Morgan fingerprint density at radius 1 is 1.20 bits per heavy atom. The number of benzene rings is 1. The van der Waals surface area contributed by atoms with Crippen molar-refractivity contribution in [1.29, 1.82) is 0 Å². The zero-order valence-electron chi connectivity index (χ0n) is 12.9. The molecule has 0 bridgehead atoms. The van der Waals surface area contributed by atoms with Crippen LogP contribution in [0.4, 0.5) is 14.5 Å². The number of nitrogens with one attached hydrogen (secondary N) is 1. The number of carbonyl (C=O) groups is 1. The second-order valence-corrected chi connectivity index (χ2v) is 6.65. The highest BCUT2D eigenvalue weighted by Gasteiger charge is 2.38. The first-order chi connectivity index (χ1) is 12.1. The molecule has 0 aliphatic carbocycles. The Labute approximate surface area is 146 Å². The summed E-state index contributed by atoms with van der Waals surface area (Å²) in [5.41, 5.74) is 0.966. The van der Waals surface area contributed by atoms with E-state index in [0.29, 0.717) is 17.8 Å². The van der Waals surface area contributed by atoms with Crippen LogP contribution in [-0.4, -0.2) is 15.8 Å². The molecular weight excluding hydrogens is 344 g/mol. The maximum absolute atomic E-state index is 14.0. The van der Waals surface area contributed by atoms with Gasteiger partial charge in [-0.2, -0.15) is 0 Å². The predicted octanol–water partition coefficient (Wildman–Crippen LogP) is 4.19. The van der Waals surface area contributed by atoms with Gasteiger partial charge in [-0.25, -0.2) is 8.78 Å². The lowest BCUT2D eigenvalue weighted by Gasteiger charge is -2.26. The highest BCUT2D eigenvalue weighted by atomic mass is 32.1. The Balaban J connectivity index is 1.72. The molecule has 1 aromatic carbocycles. The summed E-state index contributed by atoms with van der Waals surface area (Å²) in [6.07, 6.45) is 0.916. The lowest BCUT2D eigenvalue weighted by Crippen LogP contribution is -2.32. The lowest BCUT2D eigenvalue weighted by molar-refractivity contribution is 0.0729. The molecule has 0 fully saturated rings. The largest absolute Gasteiger partial charge is 0.358 e. The maximum atomic E-state index is 14.0. The van der Waals surface area contributed by atoms with Gasteiger partial charge in [0.05, 0.1) is 23.5 Å². The molecule has 0 saturated carbocycles. The van der Waals surface area contributed by atoms with Crippen LogP contribution < -0.4 is 5.32 Å². The van der Waals surface area contributed by atoms with Crippen LogP contribution in [0.15, 0.2) is 54.0 Å². The van der Waals surface area contributed by atoms with Crippen molar-refractivity contribution < 1.29 is 13.6 Å². The van der Waals surface area contributed by atoms with Crippen molar-refractivity contribution in [3.05, 3.63) is 81.8 Å². The average Bonchev–Trinajstić information content (AvgIpc) is 3.21. The molecule has 4 nitrogen and oxygen atoms in total. The number of anilines is 1. The molecule has 1 amide bonds. The smallest absolute Gasteiger partial charge is 0.258 e. The summed E-state index contributed by atoms with van der Waals surface area (Å²) in [5.74, 6) is -1.33. The molecule has 1 atom stereocenters. The number of thiophene rings is 1. The standard InChI is InChI=1S/C18H13F2N3OS/c19-11-5-6-14(20)15(9-11)22-17-16-13(4-1-7-21-16)18(24)23(17)10-12-3-2-8-25-12/h1-9,17,22H,10H2/t17-/m1/s1.